The summed E-state index contributed by atoms with van der Waals surface area (Å²) in [6, 6.07) is 1.93. The number of amides is 1. The molecule has 1 aliphatic rings. The van der Waals surface area contributed by atoms with Gasteiger partial charge in [0.2, 0.25) is 5.91 Å². The molecule has 0 bridgehead atoms. The summed E-state index contributed by atoms with van der Waals surface area (Å²) in [6.07, 6.45) is 0. The highest BCUT2D eigenvalue weighted by Crippen LogP contribution is 2.37. The van der Waals surface area contributed by atoms with E-state index in [1.807, 2.05) is 11.4 Å². The van der Waals surface area contributed by atoms with Crippen LogP contribution in [0.25, 0.3) is 0 Å². The molecular weight excluding hydrogens is 254 g/mol. The average molecular weight is 262 g/mol. The van der Waals surface area contributed by atoms with Crippen molar-refractivity contribution in [2.45, 2.75) is 5.41 Å². The lowest BCUT2D eigenvalue weighted by atomic mass is 9.83. The first kappa shape index (κ1) is 9.18. The Morgan fingerprint density at radius 2 is 2.38 bits per heavy atom. The first-order chi connectivity index (χ1) is 6.15. The van der Waals surface area contributed by atoms with Crippen molar-refractivity contribution in [3.63, 3.8) is 0 Å². The molecule has 2 rings (SSSR count). The lowest BCUT2D eigenvalue weighted by molar-refractivity contribution is -0.141. The number of ether oxygens (including phenoxy) is 1. The Hall–Kier alpha value is -0.390. The van der Waals surface area contributed by atoms with Crippen molar-refractivity contribution in [1.29, 1.82) is 0 Å². The van der Waals surface area contributed by atoms with Gasteiger partial charge in [-0.05, 0) is 22.0 Å². The first-order valence-electron chi connectivity index (χ1n) is 3.77. The Morgan fingerprint density at radius 1 is 1.69 bits per heavy atom. The third-order valence-electron chi connectivity index (χ3n) is 2.21. The molecule has 2 N–H and O–H groups in total. The Labute approximate surface area is 88.0 Å². The van der Waals surface area contributed by atoms with Crippen LogP contribution in [0.2, 0.25) is 0 Å². The van der Waals surface area contributed by atoms with E-state index in [2.05, 4.69) is 15.9 Å². The molecule has 1 fully saturated rings. The highest BCUT2D eigenvalue weighted by atomic mass is 79.9. The third kappa shape index (κ3) is 1.31. The molecule has 5 heteroatoms. The maximum Gasteiger partial charge on any atom is 0.233 e. The van der Waals surface area contributed by atoms with Gasteiger partial charge in [-0.25, -0.2) is 0 Å². The number of hydrogen-bond acceptors (Lipinski definition) is 3. The quantitative estimate of drug-likeness (QED) is 0.872. The van der Waals surface area contributed by atoms with Crippen molar-refractivity contribution in [3.8, 4) is 0 Å². The van der Waals surface area contributed by atoms with Gasteiger partial charge >= 0.3 is 0 Å². The van der Waals surface area contributed by atoms with Crippen molar-refractivity contribution in [3.05, 3.63) is 20.8 Å². The molecule has 1 aliphatic heterocycles. The van der Waals surface area contributed by atoms with Gasteiger partial charge in [-0.3, -0.25) is 4.79 Å². The van der Waals surface area contributed by atoms with E-state index in [4.69, 9.17) is 10.5 Å². The van der Waals surface area contributed by atoms with Gasteiger partial charge in [0.25, 0.3) is 0 Å². The minimum Gasteiger partial charge on any atom is -0.378 e. The van der Waals surface area contributed by atoms with Crippen LogP contribution >= 0.6 is 27.3 Å². The molecule has 70 valence electrons. The topological polar surface area (TPSA) is 52.3 Å². The number of rotatable bonds is 2. The van der Waals surface area contributed by atoms with Gasteiger partial charge in [-0.1, -0.05) is 0 Å². The number of nitrogens with two attached hydrogens (primary N) is 1. The van der Waals surface area contributed by atoms with Crippen molar-refractivity contribution >= 4 is 33.2 Å². The minimum absolute atomic E-state index is 0.298. The Bertz CT molecular complexity index is 346. The monoisotopic (exact) mass is 261 g/mol. The molecule has 2 heterocycles. The summed E-state index contributed by atoms with van der Waals surface area (Å²) in [5.41, 5.74) is 4.79. The fourth-order valence-electron chi connectivity index (χ4n) is 1.28. The summed E-state index contributed by atoms with van der Waals surface area (Å²) in [5, 5.41) is 1.94. The molecule has 0 unspecified atom stereocenters. The smallest absolute Gasteiger partial charge is 0.233 e. The summed E-state index contributed by atoms with van der Waals surface area (Å²) >= 11 is 4.88. The van der Waals surface area contributed by atoms with Gasteiger partial charge in [0, 0.05) is 14.7 Å². The van der Waals surface area contributed by atoms with E-state index in [1.54, 1.807) is 0 Å². The maximum atomic E-state index is 11.2. The standard InChI is InChI=1S/C8H8BrNO2S/c9-5-1-6(13-2-5)8(7(10)11)3-12-4-8/h1-2H,3-4H2,(H2,10,11). The fraction of sp³-hybridized carbons (Fsp3) is 0.375. The normalized spacial score (nSPS) is 19.5. The molecule has 3 nitrogen and oxygen atoms in total. The second-order valence-electron chi connectivity index (χ2n) is 3.07. The fourth-order valence-corrected chi connectivity index (χ4v) is 2.88. The predicted octanol–water partition coefficient (Wildman–Crippen LogP) is 1.26. The van der Waals surface area contributed by atoms with E-state index in [0.717, 1.165) is 9.35 Å². The van der Waals surface area contributed by atoms with Crippen molar-refractivity contribution in [2.24, 2.45) is 5.73 Å². The first-order valence-corrected chi connectivity index (χ1v) is 5.44. The molecule has 0 saturated carbocycles. The van der Waals surface area contributed by atoms with E-state index < -0.39 is 5.41 Å². The predicted molar refractivity (Wildman–Crippen MR) is 53.7 cm³/mol. The second kappa shape index (κ2) is 3.08. The molecule has 1 aromatic heterocycles. The molecule has 0 aliphatic carbocycles. The van der Waals surface area contributed by atoms with Crippen LogP contribution in [0.3, 0.4) is 0 Å². The summed E-state index contributed by atoms with van der Waals surface area (Å²) in [4.78, 5) is 12.2. The van der Waals surface area contributed by atoms with Crippen LogP contribution in [0, 0.1) is 0 Å². The molecular formula is C8H8BrNO2S. The number of halogens is 1. The number of hydrogen-bond donors (Lipinski definition) is 1. The highest BCUT2D eigenvalue weighted by Gasteiger charge is 2.47. The van der Waals surface area contributed by atoms with E-state index in [-0.39, 0.29) is 5.91 Å². The van der Waals surface area contributed by atoms with Gasteiger partial charge in [0.1, 0.15) is 5.41 Å². The van der Waals surface area contributed by atoms with Gasteiger partial charge < -0.3 is 10.5 Å². The van der Waals surface area contributed by atoms with Crippen LogP contribution in [0.5, 0.6) is 0 Å². The number of carbonyl (C=O) groups is 1. The molecule has 0 spiro atoms. The van der Waals surface area contributed by atoms with Gasteiger partial charge in [0.05, 0.1) is 13.2 Å². The minimum atomic E-state index is -0.559. The summed E-state index contributed by atoms with van der Waals surface area (Å²) in [7, 11) is 0. The van der Waals surface area contributed by atoms with Crippen molar-refractivity contribution < 1.29 is 9.53 Å². The maximum absolute atomic E-state index is 11.2. The van der Waals surface area contributed by atoms with Crippen LogP contribution in [0.15, 0.2) is 15.9 Å². The van der Waals surface area contributed by atoms with Crippen LogP contribution < -0.4 is 5.73 Å². The molecule has 1 amide bonds. The summed E-state index contributed by atoms with van der Waals surface area (Å²) < 4.78 is 6.04. The van der Waals surface area contributed by atoms with Crippen LogP contribution in [0.4, 0.5) is 0 Å². The van der Waals surface area contributed by atoms with E-state index in [1.165, 1.54) is 11.3 Å². The van der Waals surface area contributed by atoms with Crippen LogP contribution in [-0.4, -0.2) is 19.1 Å². The molecule has 13 heavy (non-hydrogen) atoms. The largest absolute Gasteiger partial charge is 0.378 e. The molecule has 0 atom stereocenters. The van der Waals surface area contributed by atoms with E-state index in [0.29, 0.717) is 13.2 Å². The Balaban J connectivity index is 2.37. The van der Waals surface area contributed by atoms with Gasteiger partial charge in [-0.15, -0.1) is 11.3 Å². The molecule has 1 saturated heterocycles. The number of thiophene rings is 1. The van der Waals surface area contributed by atoms with Crippen LogP contribution in [-0.2, 0) is 14.9 Å². The van der Waals surface area contributed by atoms with Gasteiger partial charge in [0.15, 0.2) is 0 Å². The van der Waals surface area contributed by atoms with Crippen LogP contribution in [0.1, 0.15) is 4.88 Å². The molecule has 0 aromatic carbocycles. The summed E-state index contributed by atoms with van der Waals surface area (Å²) in [6.45, 7) is 0.824. The number of carbonyl (C=O) groups excluding carboxylic acids is 1. The molecule has 0 radical (unpaired) electrons. The zero-order valence-corrected chi connectivity index (χ0v) is 9.15. The summed E-state index contributed by atoms with van der Waals surface area (Å²) in [5.74, 6) is -0.298. The second-order valence-corrected chi connectivity index (χ2v) is 4.90. The Morgan fingerprint density at radius 3 is 2.69 bits per heavy atom. The third-order valence-corrected chi connectivity index (χ3v) is 4.10. The zero-order valence-electron chi connectivity index (χ0n) is 6.75. The highest BCUT2D eigenvalue weighted by molar-refractivity contribution is 9.10. The van der Waals surface area contributed by atoms with E-state index >= 15 is 0 Å². The molecule has 1 aromatic rings. The van der Waals surface area contributed by atoms with Crippen molar-refractivity contribution in [2.75, 3.05) is 13.2 Å². The van der Waals surface area contributed by atoms with Gasteiger partial charge in [-0.2, -0.15) is 0 Å². The lowest BCUT2D eigenvalue weighted by Crippen LogP contribution is -2.55. The average Bonchev–Trinajstić information content (AvgIpc) is 2.32. The van der Waals surface area contributed by atoms with Crippen molar-refractivity contribution in [1.82, 2.24) is 0 Å². The lowest BCUT2D eigenvalue weighted by Gasteiger charge is -2.37. The SMILES string of the molecule is NC(=O)C1(c2cc(Br)cs2)COC1. The number of primary amides is 1. The zero-order chi connectivity index (χ0) is 9.47. The Kier molecular flexibility index (Phi) is 2.17. The van der Waals surface area contributed by atoms with E-state index in [9.17, 15) is 4.79 Å².